The molecule has 0 radical (unpaired) electrons. The fourth-order valence-electron chi connectivity index (χ4n) is 2.78. The number of anilines is 1. The van der Waals surface area contributed by atoms with Gasteiger partial charge in [-0.25, -0.2) is 22.2 Å². The quantitative estimate of drug-likeness (QED) is 0.553. The van der Waals surface area contributed by atoms with Crippen LogP contribution in [0.25, 0.3) is 0 Å². The number of benzene rings is 2. The maximum Gasteiger partial charge on any atom is 0.326 e. The number of carbonyl (C=O) groups excluding carboxylic acids is 1. The summed E-state index contributed by atoms with van der Waals surface area (Å²) in [6, 6.07) is 12.5. The van der Waals surface area contributed by atoms with Gasteiger partial charge in [-0.1, -0.05) is 24.3 Å². The molecule has 150 valence electrons. The van der Waals surface area contributed by atoms with Crippen LogP contribution in [0, 0.1) is 0 Å². The second-order valence-corrected chi connectivity index (χ2v) is 9.54. The van der Waals surface area contributed by atoms with Crippen LogP contribution in [-0.4, -0.2) is 40.9 Å². The number of aryl methyl sites for hydroxylation is 1. The number of phenols is 1. The molecule has 1 aliphatic rings. The molecule has 2 aromatic carbocycles. The van der Waals surface area contributed by atoms with Gasteiger partial charge in [-0.3, -0.25) is 4.79 Å². The van der Waals surface area contributed by atoms with Gasteiger partial charge in [-0.15, -0.1) is 0 Å². The van der Waals surface area contributed by atoms with Gasteiger partial charge in [0.2, 0.25) is 10.0 Å². The number of nitrogens with zero attached hydrogens (tertiary/aromatic N) is 1. The lowest BCUT2D eigenvalue weighted by molar-refractivity contribution is -0.117. The highest BCUT2D eigenvalue weighted by molar-refractivity contribution is 7.92. The topological polar surface area (TPSA) is 133 Å². The molecule has 0 atom stereocenters. The molecule has 0 aliphatic carbocycles. The second-order valence-electron chi connectivity index (χ2n) is 6.17. The zero-order valence-corrected chi connectivity index (χ0v) is 16.3. The molecular formula is C17H19N3O6S2. The van der Waals surface area contributed by atoms with E-state index in [4.69, 9.17) is 0 Å². The zero-order valence-electron chi connectivity index (χ0n) is 14.7. The van der Waals surface area contributed by atoms with Gasteiger partial charge < -0.3 is 5.11 Å². The molecule has 1 fully saturated rings. The van der Waals surface area contributed by atoms with Gasteiger partial charge >= 0.3 is 10.2 Å². The van der Waals surface area contributed by atoms with Crippen molar-refractivity contribution in [1.82, 2.24) is 9.44 Å². The van der Waals surface area contributed by atoms with Gasteiger partial charge in [0.05, 0.1) is 10.6 Å². The Labute approximate surface area is 163 Å². The minimum Gasteiger partial charge on any atom is -0.506 e. The molecule has 1 amide bonds. The number of rotatable bonds is 7. The van der Waals surface area contributed by atoms with Crippen molar-refractivity contribution < 1.29 is 26.7 Å². The summed E-state index contributed by atoms with van der Waals surface area (Å²) in [5.74, 6) is -0.948. The van der Waals surface area contributed by atoms with E-state index in [1.165, 1.54) is 24.3 Å². The van der Waals surface area contributed by atoms with Gasteiger partial charge in [-0.2, -0.15) is 8.42 Å². The van der Waals surface area contributed by atoms with E-state index in [2.05, 4.69) is 4.72 Å². The number of nitrogens with one attached hydrogen (secondary N) is 2. The molecule has 0 spiro atoms. The smallest absolute Gasteiger partial charge is 0.326 e. The summed E-state index contributed by atoms with van der Waals surface area (Å²) in [6.45, 7) is -0.185. The van der Waals surface area contributed by atoms with E-state index >= 15 is 0 Å². The van der Waals surface area contributed by atoms with Crippen molar-refractivity contribution in [2.45, 2.75) is 17.7 Å². The van der Waals surface area contributed by atoms with Crippen LogP contribution in [0.4, 0.5) is 5.69 Å². The summed E-state index contributed by atoms with van der Waals surface area (Å²) in [5, 5.41) is 10.1. The first-order valence-electron chi connectivity index (χ1n) is 8.39. The first-order chi connectivity index (χ1) is 13.2. The molecule has 0 bridgehead atoms. The first kappa shape index (κ1) is 20.1. The Morgan fingerprint density at radius 2 is 1.86 bits per heavy atom. The summed E-state index contributed by atoms with van der Waals surface area (Å²) in [5.41, 5.74) is 0.711. The van der Waals surface area contributed by atoms with Crippen LogP contribution < -0.4 is 13.7 Å². The minimum absolute atomic E-state index is 0.00637. The Balaban J connectivity index is 1.59. The number of hydrogen-bond donors (Lipinski definition) is 3. The van der Waals surface area contributed by atoms with E-state index in [9.17, 15) is 26.7 Å². The van der Waals surface area contributed by atoms with Gasteiger partial charge in [0.15, 0.2) is 0 Å². The number of carbonyl (C=O) groups is 1. The molecule has 3 N–H and O–H groups in total. The van der Waals surface area contributed by atoms with Crippen LogP contribution in [0.5, 0.6) is 5.75 Å². The normalized spacial score (nSPS) is 16.1. The molecule has 9 nitrogen and oxygen atoms in total. The van der Waals surface area contributed by atoms with Crippen LogP contribution in [0.2, 0.25) is 0 Å². The van der Waals surface area contributed by atoms with Crippen LogP contribution in [0.1, 0.15) is 12.0 Å². The summed E-state index contributed by atoms with van der Waals surface area (Å²) in [4.78, 5) is 11.5. The van der Waals surface area contributed by atoms with E-state index in [0.29, 0.717) is 18.4 Å². The van der Waals surface area contributed by atoms with Crippen molar-refractivity contribution in [2.24, 2.45) is 0 Å². The molecule has 1 heterocycles. The van der Waals surface area contributed by atoms with Crippen LogP contribution >= 0.6 is 0 Å². The molecular weight excluding hydrogens is 406 g/mol. The fourth-order valence-corrected chi connectivity index (χ4v) is 5.04. The highest BCUT2D eigenvalue weighted by Gasteiger charge is 2.35. The van der Waals surface area contributed by atoms with Crippen molar-refractivity contribution in [3.63, 3.8) is 0 Å². The van der Waals surface area contributed by atoms with Gasteiger partial charge in [0, 0.05) is 6.54 Å². The molecule has 0 unspecified atom stereocenters. The fraction of sp³-hybridized carbons (Fsp3) is 0.235. The highest BCUT2D eigenvalue weighted by Crippen LogP contribution is 2.31. The maximum absolute atomic E-state index is 12.1. The molecule has 0 saturated carbocycles. The third-order valence-electron chi connectivity index (χ3n) is 4.12. The maximum atomic E-state index is 12.1. The number of phenolic OH excluding ortho intramolecular Hbond substituents is 1. The monoisotopic (exact) mass is 425 g/mol. The molecule has 1 saturated heterocycles. The average Bonchev–Trinajstić information content (AvgIpc) is 2.92. The Bertz CT molecular complexity index is 1090. The van der Waals surface area contributed by atoms with Crippen molar-refractivity contribution in [3.05, 3.63) is 54.1 Å². The van der Waals surface area contributed by atoms with E-state index in [-0.39, 0.29) is 22.9 Å². The Morgan fingerprint density at radius 3 is 2.46 bits per heavy atom. The van der Waals surface area contributed by atoms with E-state index in [0.717, 1.165) is 4.31 Å². The first-order valence-corrected chi connectivity index (χ1v) is 11.3. The number of hydrogen-bond acceptors (Lipinski definition) is 6. The Hall–Kier alpha value is -2.63. The predicted molar refractivity (Wildman–Crippen MR) is 102 cm³/mol. The lowest BCUT2D eigenvalue weighted by atomic mass is 10.1. The van der Waals surface area contributed by atoms with E-state index < -0.39 is 32.7 Å². The summed E-state index contributed by atoms with van der Waals surface area (Å²) < 4.78 is 53.1. The molecule has 11 heteroatoms. The Kier molecular flexibility index (Phi) is 5.59. The number of sulfonamides is 1. The van der Waals surface area contributed by atoms with Crippen molar-refractivity contribution >= 4 is 31.8 Å². The minimum atomic E-state index is -3.99. The van der Waals surface area contributed by atoms with Crippen molar-refractivity contribution in [3.8, 4) is 5.75 Å². The standard InChI is InChI=1S/C17H19N3O6S2/c21-16-11-13(8-9-15(16)20-12-17(22)19-28(20,25)26)5-4-10-18-27(23,24)14-6-2-1-3-7-14/h1-3,6-9,11,18,21H,4-5,10,12H2,(H,19,22). The second kappa shape index (κ2) is 7.78. The number of aromatic hydroxyl groups is 1. The molecule has 3 rings (SSSR count). The van der Waals surface area contributed by atoms with Crippen LogP contribution in [-0.2, 0) is 31.4 Å². The van der Waals surface area contributed by atoms with E-state index in [1.54, 1.807) is 24.3 Å². The van der Waals surface area contributed by atoms with Crippen molar-refractivity contribution in [1.29, 1.82) is 0 Å². The van der Waals surface area contributed by atoms with Crippen LogP contribution in [0.3, 0.4) is 0 Å². The largest absolute Gasteiger partial charge is 0.506 e. The number of amides is 1. The zero-order chi connectivity index (χ0) is 20.4. The summed E-state index contributed by atoms with van der Waals surface area (Å²) >= 11 is 0. The Morgan fingerprint density at radius 1 is 1.14 bits per heavy atom. The van der Waals surface area contributed by atoms with Crippen LogP contribution in [0.15, 0.2) is 53.4 Å². The van der Waals surface area contributed by atoms with Gasteiger partial charge in [-0.05, 0) is 42.7 Å². The van der Waals surface area contributed by atoms with E-state index in [1.807, 2.05) is 4.72 Å². The SMILES string of the molecule is O=C1CN(c2ccc(CCCNS(=O)(=O)c3ccccc3)cc2O)S(=O)(=O)N1. The third kappa shape index (κ3) is 4.43. The average molecular weight is 425 g/mol. The summed E-state index contributed by atoms with van der Waals surface area (Å²) in [6.07, 6.45) is 0.946. The third-order valence-corrected chi connectivity index (χ3v) is 6.99. The highest BCUT2D eigenvalue weighted by atomic mass is 32.2. The molecule has 0 aromatic heterocycles. The van der Waals surface area contributed by atoms with Crippen molar-refractivity contribution in [2.75, 3.05) is 17.4 Å². The predicted octanol–water partition coefficient (Wildman–Crippen LogP) is 0.484. The van der Waals surface area contributed by atoms with Gasteiger partial charge in [0.25, 0.3) is 5.91 Å². The molecule has 2 aromatic rings. The lowest BCUT2D eigenvalue weighted by Gasteiger charge is -2.16. The molecule has 28 heavy (non-hydrogen) atoms. The summed E-state index contributed by atoms with van der Waals surface area (Å²) in [7, 11) is -7.56. The lowest BCUT2D eigenvalue weighted by Crippen LogP contribution is -2.29. The van der Waals surface area contributed by atoms with Gasteiger partial charge in [0.1, 0.15) is 12.3 Å². The molecule has 1 aliphatic heterocycles.